The number of aryl methyl sites for hydroxylation is 1. The SMILES string of the molecule is Cc1sc(C(=O)NCCCS(C)(=O)=O)cc1S(=O)(=O)Cl. The van der Waals surface area contributed by atoms with Gasteiger partial charge in [-0.3, -0.25) is 4.79 Å². The second-order valence-electron chi connectivity index (χ2n) is 4.21. The number of carbonyl (C=O) groups is 1. The number of hydrogen-bond acceptors (Lipinski definition) is 6. The summed E-state index contributed by atoms with van der Waals surface area (Å²) in [5.74, 6) is -0.462. The van der Waals surface area contributed by atoms with E-state index in [-0.39, 0.29) is 22.1 Å². The summed E-state index contributed by atoms with van der Waals surface area (Å²) in [6.45, 7) is 1.76. The summed E-state index contributed by atoms with van der Waals surface area (Å²) in [4.78, 5) is 12.4. The third-order valence-corrected chi connectivity index (χ3v) is 5.99. The quantitative estimate of drug-likeness (QED) is 0.607. The molecule has 0 radical (unpaired) electrons. The second kappa shape index (κ2) is 6.42. The Morgan fingerprint density at radius 3 is 2.40 bits per heavy atom. The van der Waals surface area contributed by atoms with Gasteiger partial charge in [-0.2, -0.15) is 0 Å². The van der Waals surface area contributed by atoms with Crippen molar-refractivity contribution in [2.24, 2.45) is 0 Å². The minimum Gasteiger partial charge on any atom is -0.351 e. The van der Waals surface area contributed by atoms with E-state index in [0.717, 1.165) is 17.6 Å². The van der Waals surface area contributed by atoms with Gasteiger partial charge in [0.2, 0.25) is 0 Å². The van der Waals surface area contributed by atoms with Crippen LogP contribution in [0.15, 0.2) is 11.0 Å². The molecule has 0 aliphatic heterocycles. The van der Waals surface area contributed by atoms with Crippen LogP contribution in [0.25, 0.3) is 0 Å². The van der Waals surface area contributed by atoms with Crippen LogP contribution in [0.1, 0.15) is 21.0 Å². The number of carbonyl (C=O) groups excluding carboxylic acids is 1. The van der Waals surface area contributed by atoms with Gasteiger partial charge in [-0.05, 0) is 19.4 Å². The van der Waals surface area contributed by atoms with E-state index in [1.807, 2.05) is 0 Å². The van der Waals surface area contributed by atoms with Crippen LogP contribution in [-0.2, 0) is 18.9 Å². The normalized spacial score (nSPS) is 12.3. The molecule has 1 aromatic heterocycles. The number of rotatable bonds is 6. The fraction of sp³-hybridized carbons (Fsp3) is 0.500. The van der Waals surface area contributed by atoms with Gasteiger partial charge in [-0.25, -0.2) is 16.8 Å². The molecule has 0 unspecified atom stereocenters. The average Bonchev–Trinajstić information content (AvgIpc) is 2.65. The summed E-state index contributed by atoms with van der Waals surface area (Å²) in [5.41, 5.74) is 0. The molecule has 1 heterocycles. The van der Waals surface area contributed by atoms with Gasteiger partial charge >= 0.3 is 0 Å². The fourth-order valence-corrected chi connectivity index (χ4v) is 4.69. The van der Waals surface area contributed by atoms with Crippen molar-refractivity contribution in [3.8, 4) is 0 Å². The van der Waals surface area contributed by atoms with Crippen molar-refractivity contribution in [3.05, 3.63) is 15.8 Å². The number of thiophene rings is 1. The maximum Gasteiger partial charge on any atom is 0.262 e. The Hall–Kier alpha value is -0.640. The van der Waals surface area contributed by atoms with Gasteiger partial charge in [0.05, 0.1) is 15.5 Å². The van der Waals surface area contributed by atoms with Crippen LogP contribution in [-0.4, -0.2) is 41.3 Å². The fourth-order valence-electron chi connectivity index (χ4n) is 1.44. The van der Waals surface area contributed by atoms with Gasteiger partial charge in [0.15, 0.2) is 0 Å². The van der Waals surface area contributed by atoms with E-state index in [1.54, 1.807) is 6.92 Å². The Bertz CT molecular complexity index is 705. The van der Waals surface area contributed by atoms with Gasteiger partial charge in [0.25, 0.3) is 15.0 Å². The van der Waals surface area contributed by atoms with E-state index in [1.165, 1.54) is 6.07 Å². The smallest absolute Gasteiger partial charge is 0.262 e. The lowest BCUT2D eigenvalue weighted by atomic mass is 10.4. The molecule has 0 saturated carbocycles. The molecular weight excluding hydrogens is 346 g/mol. The molecule has 1 N–H and O–H groups in total. The van der Waals surface area contributed by atoms with Crippen LogP contribution < -0.4 is 5.32 Å². The zero-order chi connectivity index (χ0) is 15.6. The Morgan fingerprint density at radius 1 is 1.35 bits per heavy atom. The predicted molar refractivity (Wildman–Crippen MR) is 78.8 cm³/mol. The molecule has 0 spiro atoms. The highest BCUT2D eigenvalue weighted by Gasteiger charge is 2.20. The molecule has 6 nitrogen and oxygen atoms in total. The van der Waals surface area contributed by atoms with Crippen molar-refractivity contribution < 1.29 is 21.6 Å². The summed E-state index contributed by atoms with van der Waals surface area (Å²) in [7, 11) is -1.68. The topological polar surface area (TPSA) is 97.4 Å². The molecule has 114 valence electrons. The summed E-state index contributed by atoms with van der Waals surface area (Å²) < 4.78 is 44.3. The van der Waals surface area contributed by atoms with E-state index in [9.17, 15) is 21.6 Å². The standard InChI is InChI=1S/C10H14ClNO5S3/c1-7-9(20(11,16)17)6-8(18-7)10(13)12-4-3-5-19(2,14)15/h6H,3-5H2,1-2H3,(H,12,13). The minimum absolute atomic E-state index is 0.0158. The van der Waals surface area contributed by atoms with Crippen LogP contribution in [0, 0.1) is 6.92 Å². The molecule has 1 amide bonds. The molecule has 0 fully saturated rings. The molecule has 10 heteroatoms. The van der Waals surface area contributed by atoms with E-state index < -0.39 is 24.8 Å². The van der Waals surface area contributed by atoms with Crippen molar-refractivity contribution in [1.82, 2.24) is 5.32 Å². The monoisotopic (exact) mass is 359 g/mol. The number of sulfone groups is 1. The Morgan fingerprint density at radius 2 is 1.95 bits per heavy atom. The molecule has 20 heavy (non-hydrogen) atoms. The van der Waals surface area contributed by atoms with Crippen molar-refractivity contribution >= 4 is 46.8 Å². The van der Waals surface area contributed by atoms with Crippen molar-refractivity contribution in [1.29, 1.82) is 0 Å². The Labute approximate surface area is 126 Å². The summed E-state index contributed by atoms with van der Waals surface area (Å²) in [6, 6.07) is 1.22. The van der Waals surface area contributed by atoms with E-state index in [0.29, 0.717) is 11.3 Å². The molecule has 1 aromatic rings. The van der Waals surface area contributed by atoms with Crippen LogP contribution in [0.2, 0.25) is 0 Å². The third-order valence-electron chi connectivity index (χ3n) is 2.34. The van der Waals surface area contributed by atoms with Gasteiger partial charge in [-0.15, -0.1) is 11.3 Å². The van der Waals surface area contributed by atoms with Crippen molar-refractivity contribution in [3.63, 3.8) is 0 Å². The summed E-state index contributed by atoms with van der Waals surface area (Å²) in [5, 5.41) is 2.53. The zero-order valence-corrected chi connectivity index (χ0v) is 14.0. The first-order valence-corrected chi connectivity index (χ1v) is 10.7. The van der Waals surface area contributed by atoms with Gasteiger partial charge in [0.1, 0.15) is 9.84 Å². The second-order valence-corrected chi connectivity index (χ2v) is 10.3. The van der Waals surface area contributed by atoms with Gasteiger partial charge < -0.3 is 5.32 Å². The van der Waals surface area contributed by atoms with Crippen molar-refractivity contribution in [2.75, 3.05) is 18.6 Å². The number of hydrogen-bond donors (Lipinski definition) is 1. The first-order chi connectivity index (χ1) is 9.00. The third kappa shape index (κ3) is 5.39. The molecule has 0 atom stereocenters. The van der Waals surface area contributed by atoms with Crippen LogP contribution in [0.3, 0.4) is 0 Å². The van der Waals surface area contributed by atoms with Gasteiger partial charge in [0, 0.05) is 28.4 Å². The lowest BCUT2D eigenvalue weighted by molar-refractivity contribution is 0.0957. The zero-order valence-electron chi connectivity index (χ0n) is 10.8. The maximum absolute atomic E-state index is 11.8. The van der Waals surface area contributed by atoms with E-state index in [4.69, 9.17) is 10.7 Å². The first-order valence-electron chi connectivity index (χ1n) is 5.52. The highest BCUT2D eigenvalue weighted by Crippen LogP contribution is 2.28. The number of nitrogens with one attached hydrogen (secondary N) is 1. The summed E-state index contributed by atoms with van der Waals surface area (Å²) in [6.07, 6.45) is 1.42. The van der Waals surface area contributed by atoms with Crippen LogP contribution in [0.5, 0.6) is 0 Å². The highest BCUT2D eigenvalue weighted by molar-refractivity contribution is 8.13. The minimum atomic E-state index is -3.87. The van der Waals surface area contributed by atoms with Crippen molar-refractivity contribution in [2.45, 2.75) is 18.2 Å². The lowest BCUT2D eigenvalue weighted by Gasteiger charge is -2.02. The van der Waals surface area contributed by atoms with Crippen LogP contribution >= 0.6 is 22.0 Å². The largest absolute Gasteiger partial charge is 0.351 e. The molecule has 0 bridgehead atoms. The lowest BCUT2D eigenvalue weighted by Crippen LogP contribution is -2.25. The maximum atomic E-state index is 11.8. The van der Waals surface area contributed by atoms with E-state index >= 15 is 0 Å². The molecular formula is C10H14ClNO5S3. The Kier molecular flexibility index (Phi) is 5.59. The molecule has 0 aromatic carbocycles. The molecule has 0 aliphatic carbocycles. The predicted octanol–water partition coefficient (Wildman–Crippen LogP) is 1.15. The first kappa shape index (κ1) is 17.4. The molecule has 1 rings (SSSR count). The Balaban J connectivity index is 2.66. The average molecular weight is 360 g/mol. The highest BCUT2D eigenvalue weighted by atomic mass is 35.7. The van der Waals surface area contributed by atoms with E-state index in [2.05, 4.69) is 5.32 Å². The number of halogens is 1. The number of amides is 1. The van der Waals surface area contributed by atoms with Gasteiger partial charge in [-0.1, -0.05) is 0 Å². The summed E-state index contributed by atoms with van der Waals surface area (Å²) >= 11 is 1.02. The van der Waals surface area contributed by atoms with Crippen LogP contribution in [0.4, 0.5) is 0 Å². The molecule has 0 aliphatic rings. The molecule has 0 saturated heterocycles.